The van der Waals surface area contributed by atoms with Crippen LogP contribution >= 0.6 is 0 Å². The largest absolute Gasteiger partial charge is 0.399 e. The lowest BCUT2D eigenvalue weighted by atomic mass is 9.48. The van der Waals surface area contributed by atoms with Gasteiger partial charge in [-0.1, -0.05) is 0 Å². The van der Waals surface area contributed by atoms with Gasteiger partial charge >= 0.3 is 11.8 Å². The predicted molar refractivity (Wildman–Crippen MR) is 102 cm³/mol. The van der Waals surface area contributed by atoms with Crippen molar-refractivity contribution in [2.45, 2.75) is 51.5 Å². The fraction of sp³-hybridized carbons (Fsp3) is 0.571. The summed E-state index contributed by atoms with van der Waals surface area (Å²) in [7, 11) is 0. The van der Waals surface area contributed by atoms with Gasteiger partial charge in [-0.2, -0.15) is 0 Å². The molecule has 0 aromatic heterocycles. The van der Waals surface area contributed by atoms with E-state index in [0.29, 0.717) is 11.3 Å². The summed E-state index contributed by atoms with van der Waals surface area (Å²) in [6, 6.07) is 6.14. The summed E-state index contributed by atoms with van der Waals surface area (Å²) >= 11 is 0. The monoisotopic (exact) mass is 369 g/mol. The van der Waals surface area contributed by atoms with Crippen LogP contribution in [0.25, 0.3) is 0 Å². The van der Waals surface area contributed by atoms with Gasteiger partial charge in [0.15, 0.2) is 0 Å². The van der Waals surface area contributed by atoms with Gasteiger partial charge in [0.1, 0.15) is 0 Å². The molecule has 6 nitrogen and oxygen atoms in total. The molecule has 0 heterocycles. The Morgan fingerprint density at radius 3 is 2.00 bits per heavy atom. The lowest BCUT2D eigenvalue weighted by Crippen LogP contribution is -2.57. The Kier molecular flexibility index (Phi) is 4.44. The minimum atomic E-state index is -0.909. The number of nitrogens with two attached hydrogens (primary N) is 1. The minimum Gasteiger partial charge on any atom is -0.399 e. The Morgan fingerprint density at radius 1 is 0.963 bits per heavy atom. The maximum atomic E-state index is 12.4. The molecule has 4 fully saturated rings. The third-order valence-corrected chi connectivity index (χ3v) is 6.96. The van der Waals surface area contributed by atoms with Crippen molar-refractivity contribution in [1.82, 2.24) is 10.6 Å². The number of hydrogen-bond donors (Lipinski definition) is 3. The smallest absolute Gasteiger partial charge is 0.316 e. The molecular formula is C21H27N3O3. The average Bonchev–Trinajstić information content (AvgIpc) is 2.60. The first-order valence-electron chi connectivity index (χ1n) is 9.86. The van der Waals surface area contributed by atoms with Crippen LogP contribution in [0.4, 0.5) is 5.69 Å². The molecule has 4 aliphatic rings. The van der Waals surface area contributed by atoms with Crippen LogP contribution < -0.4 is 16.4 Å². The zero-order valence-electron chi connectivity index (χ0n) is 15.7. The lowest BCUT2D eigenvalue weighted by Gasteiger charge is -2.59. The highest BCUT2D eigenvalue weighted by atomic mass is 16.2. The van der Waals surface area contributed by atoms with E-state index in [1.165, 1.54) is 31.4 Å². The molecular weight excluding hydrogens is 342 g/mol. The Balaban J connectivity index is 1.36. The third-order valence-electron chi connectivity index (χ3n) is 6.96. The molecule has 0 spiro atoms. The van der Waals surface area contributed by atoms with E-state index in [9.17, 15) is 14.4 Å². The average molecular weight is 369 g/mol. The Labute approximate surface area is 159 Å². The van der Waals surface area contributed by atoms with Gasteiger partial charge in [0.05, 0.1) is 0 Å². The Hall–Kier alpha value is -2.37. The fourth-order valence-corrected chi connectivity index (χ4v) is 5.99. The van der Waals surface area contributed by atoms with Gasteiger partial charge in [0, 0.05) is 17.3 Å². The van der Waals surface area contributed by atoms with Crippen LogP contribution in [-0.4, -0.2) is 23.8 Å². The molecule has 4 aliphatic carbocycles. The highest BCUT2D eigenvalue weighted by Gasteiger charge is 2.53. The first kappa shape index (κ1) is 18.0. The van der Waals surface area contributed by atoms with Gasteiger partial charge in [-0.25, -0.2) is 0 Å². The summed E-state index contributed by atoms with van der Waals surface area (Å²) in [5.74, 6) is 0.0811. The lowest BCUT2D eigenvalue weighted by molar-refractivity contribution is -0.141. The number of anilines is 1. The van der Waals surface area contributed by atoms with Crippen LogP contribution in [0, 0.1) is 23.2 Å². The zero-order valence-corrected chi connectivity index (χ0v) is 15.7. The number of amides is 3. The van der Waals surface area contributed by atoms with E-state index in [-0.39, 0.29) is 11.5 Å². The first-order valence-corrected chi connectivity index (χ1v) is 9.86. The van der Waals surface area contributed by atoms with Crippen LogP contribution in [0.5, 0.6) is 0 Å². The van der Waals surface area contributed by atoms with Crippen molar-refractivity contribution in [3.8, 4) is 0 Å². The number of hydrogen-bond acceptors (Lipinski definition) is 4. The number of nitrogens with one attached hydrogen (secondary N) is 2. The summed E-state index contributed by atoms with van der Waals surface area (Å²) in [5.41, 5.74) is 6.53. The van der Waals surface area contributed by atoms with E-state index in [1.54, 1.807) is 12.1 Å². The van der Waals surface area contributed by atoms with E-state index in [4.69, 9.17) is 5.73 Å². The molecule has 27 heavy (non-hydrogen) atoms. The molecule has 4 saturated carbocycles. The van der Waals surface area contributed by atoms with Gasteiger partial charge in [-0.15, -0.1) is 0 Å². The first-order chi connectivity index (χ1) is 12.8. The summed E-state index contributed by atoms with van der Waals surface area (Å²) in [6.45, 7) is 2.01. The second-order valence-corrected chi connectivity index (χ2v) is 8.88. The molecule has 0 aliphatic heterocycles. The van der Waals surface area contributed by atoms with E-state index in [2.05, 4.69) is 10.6 Å². The maximum absolute atomic E-state index is 12.4. The van der Waals surface area contributed by atoms with E-state index in [1.807, 2.05) is 6.92 Å². The predicted octanol–water partition coefficient (Wildman–Crippen LogP) is 2.25. The van der Waals surface area contributed by atoms with Crippen LogP contribution in [0.15, 0.2) is 24.3 Å². The van der Waals surface area contributed by atoms with Crippen LogP contribution in [0.1, 0.15) is 55.8 Å². The molecule has 0 radical (unpaired) electrons. The van der Waals surface area contributed by atoms with Gasteiger partial charge < -0.3 is 11.1 Å². The van der Waals surface area contributed by atoms with E-state index < -0.39 is 17.7 Å². The van der Waals surface area contributed by atoms with Crippen molar-refractivity contribution in [1.29, 1.82) is 0 Å². The van der Waals surface area contributed by atoms with Crippen molar-refractivity contribution in [2.24, 2.45) is 23.2 Å². The standard InChI is InChI=1S/C21H27N3O3/c1-12(21-9-13-6-14(10-21)8-15(7-13)11-21)23-19(26)20(27)24-18(25)16-2-4-17(22)5-3-16/h2-5,12-15H,6-11,22H2,1H3,(H,23,26)(H,24,25,27). The van der Waals surface area contributed by atoms with Crippen molar-refractivity contribution < 1.29 is 14.4 Å². The van der Waals surface area contributed by atoms with Crippen LogP contribution in [0.3, 0.4) is 0 Å². The molecule has 1 aromatic rings. The van der Waals surface area contributed by atoms with Gasteiger partial charge in [-0.05, 0) is 92.9 Å². The number of carbonyl (C=O) groups is 3. The number of rotatable bonds is 3. The quantitative estimate of drug-likeness (QED) is 0.562. The van der Waals surface area contributed by atoms with Gasteiger partial charge in [0.2, 0.25) is 0 Å². The van der Waals surface area contributed by atoms with Crippen molar-refractivity contribution in [3.05, 3.63) is 29.8 Å². The van der Waals surface area contributed by atoms with Crippen LogP contribution in [0.2, 0.25) is 0 Å². The minimum absolute atomic E-state index is 0.0595. The molecule has 1 atom stereocenters. The van der Waals surface area contributed by atoms with Gasteiger partial charge in [0.25, 0.3) is 5.91 Å². The summed E-state index contributed by atoms with van der Waals surface area (Å²) in [5, 5.41) is 5.04. The number of imide groups is 1. The molecule has 0 saturated heterocycles. The number of benzene rings is 1. The second kappa shape index (κ2) is 6.66. The Morgan fingerprint density at radius 2 is 1.48 bits per heavy atom. The third kappa shape index (κ3) is 3.45. The molecule has 4 bridgehead atoms. The molecule has 1 aromatic carbocycles. The summed E-state index contributed by atoms with van der Waals surface area (Å²) in [6.07, 6.45) is 7.43. The van der Waals surface area contributed by atoms with Crippen molar-refractivity contribution >= 4 is 23.4 Å². The molecule has 1 unspecified atom stereocenters. The fourth-order valence-electron chi connectivity index (χ4n) is 5.99. The van der Waals surface area contributed by atoms with Crippen molar-refractivity contribution in [2.75, 3.05) is 5.73 Å². The highest BCUT2D eigenvalue weighted by molar-refractivity contribution is 6.38. The second-order valence-electron chi connectivity index (χ2n) is 8.88. The maximum Gasteiger partial charge on any atom is 0.316 e. The van der Waals surface area contributed by atoms with E-state index >= 15 is 0 Å². The molecule has 144 valence electrons. The number of carbonyl (C=O) groups excluding carboxylic acids is 3. The molecule has 4 N–H and O–H groups in total. The van der Waals surface area contributed by atoms with Crippen molar-refractivity contribution in [3.63, 3.8) is 0 Å². The SMILES string of the molecule is CC(NC(=O)C(=O)NC(=O)c1ccc(N)cc1)C12CC3CC(CC(C3)C1)C2. The normalized spacial score (nSPS) is 32.0. The van der Waals surface area contributed by atoms with Crippen LogP contribution in [-0.2, 0) is 9.59 Å². The molecule has 3 amide bonds. The highest BCUT2D eigenvalue weighted by Crippen LogP contribution is 2.61. The topological polar surface area (TPSA) is 101 Å². The zero-order chi connectivity index (χ0) is 19.2. The Bertz CT molecular complexity index is 736. The number of nitrogen functional groups attached to an aromatic ring is 1. The molecule has 5 rings (SSSR count). The summed E-state index contributed by atoms with van der Waals surface area (Å²) in [4.78, 5) is 36.7. The van der Waals surface area contributed by atoms with Gasteiger partial charge in [-0.3, -0.25) is 19.7 Å². The molecule has 6 heteroatoms. The van der Waals surface area contributed by atoms with E-state index in [0.717, 1.165) is 37.0 Å². The summed E-state index contributed by atoms with van der Waals surface area (Å²) < 4.78 is 0.